The minimum atomic E-state index is -4.89. The maximum atomic E-state index is 14.3. The normalized spacial score (nSPS) is 12.6. The predicted octanol–water partition coefficient (Wildman–Crippen LogP) is 1.26. The lowest BCUT2D eigenvalue weighted by Gasteiger charge is -2.18. The monoisotopic (exact) mass is 410 g/mol. The second-order valence-electron chi connectivity index (χ2n) is 5.27. The summed E-state index contributed by atoms with van der Waals surface area (Å²) in [6, 6.07) is 0.281. The third-order valence-electron chi connectivity index (χ3n) is 3.42. The zero-order chi connectivity index (χ0) is 21.2. The van der Waals surface area contributed by atoms with E-state index in [0.29, 0.717) is 11.5 Å². The standard InChI is InChI=1S/C14H11F5N4O5/c1-6(14(17,18)19)28-11-7(12(25)26)4-8(16)10(20-11)23-13(27)22(2-3-24)9(5-15)21-23/h3-4,6H,2,5H2,1H3,(H,25,26)/t6-/m0/s1. The number of carbonyl (C=O) groups excluding carboxylic acids is 1. The van der Waals surface area contributed by atoms with Crippen molar-refractivity contribution in [3.05, 3.63) is 33.8 Å². The molecule has 2 aromatic rings. The SMILES string of the molecule is C[C@H](Oc1nc(-n2nc(CF)n(CC=O)c2=O)c(F)cc1C(=O)O)C(F)(F)F. The van der Waals surface area contributed by atoms with Gasteiger partial charge in [0.2, 0.25) is 5.88 Å². The Bertz CT molecular complexity index is 968. The molecule has 152 valence electrons. The molecule has 0 unspecified atom stereocenters. The van der Waals surface area contributed by atoms with Gasteiger partial charge in [0.25, 0.3) is 0 Å². The first-order chi connectivity index (χ1) is 13.0. The third-order valence-corrected chi connectivity index (χ3v) is 3.42. The summed E-state index contributed by atoms with van der Waals surface area (Å²) in [7, 11) is 0. The molecule has 0 aromatic carbocycles. The lowest BCUT2D eigenvalue weighted by atomic mass is 10.2. The molecule has 14 heteroatoms. The highest BCUT2D eigenvalue weighted by Gasteiger charge is 2.39. The summed E-state index contributed by atoms with van der Waals surface area (Å²) in [5, 5.41) is 12.5. The highest BCUT2D eigenvalue weighted by Crippen LogP contribution is 2.27. The van der Waals surface area contributed by atoms with E-state index in [-0.39, 0.29) is 17.0 Å². The molecule has 0 aliphatic rings. The lowest BCUT2D eigenvalue weighted by Crippen LogP contribution is -2.32. The predicted molar refractivity (Wildman–Crippen MR) is 79.6 cm³/mol. The molecule has 9 nitrogen and oxygen atoms in total. The summed E-state index contributed by atoms with van der Waals surface area (Å²) in [4.78, 5) is 37.3. The van der Waals surface area contributed by atoms with Gasteiger partial charge < -0.3 is 14.6 Å². The Morgan fingerprint density at radius 1 is 1.43 bits per heavy atom. The zero-order valence-corrected chi connectivity index (χ0v) is 13.9. The van der Waals surface area contributed by atoms with E-state index in [9.17, 15) is 36.3 Å². The molecular weight excluding hydrogens is 399 g/mol. The van der Waals surface area contributed by atoms with Gasteiger partial charge in [0.1, 0.15) is 18.5 Å². The number of nitrogens with zero attached hydrogens (tertiary/aromatic N) is 4. The van der Waals surface area contributed by atoms with Gasteiger partial charge in [-0.15, -0.1) is 5.10 Å². The van der Waals surface area contributed by atoms with Crippen molar-refractivity contribution in [2.24, 2.45) is 0 Å². The summed E-state index contributed by atoms with van der Waals surface area (Å²) in [5.41, 5.74) is -2.26. The summed E-state index contributed by atoms with van der Waals surface area (Å²) < 4.78 is 70.6. The summed E-state index contributed by atoms with van der Waals surface area (Å²) >= 11 is 0. The molecule has 0 bridgehead atoms. The number of rotatable bonds is 7. The number of carboxylic acid groups (broad SMARTS) is 1. The Kier molecular flexibility index (Phi) is 5.80. The van der Waals surface area contributed by atoms with E-state index in [1.807, 2.05) is 0 Å². The molecule has 0 saturated heterocycles. The second kappa shape index (κ2) is 7.74. The molecule has 0 aliphatic carbocycles. The maximum absolute atomic E-state index is 14.3. The first kappa shape index (κ1) is 21.0. The fourth-order valence-electron chi connectivity index (χ4n) is 2.02. The van der Waals surface area contributed by atoms with E-state index >= 15 is 0 Å². The Balaban J connectivity index is 2.67. The largest absolute Gasteiger partial charge is 0.477 e. The van der Waals surface area contributed by atoms with Crippen LogP contribution < -0.4 is 10.4 Å². The molecule has 1 N–H and O–H groups in total. The molecular formula is C14H11F5N4O5. The van der Waals surface area contributed by atoms with Gasteiger partial charge in [0, 0.05) is 0 Å². The van der Waals surface area contributed by atoms with Crippen LogP contribution in [-0.4, -0.2) is 49.0 Å². The van der Waals surface area contributed by atoms with Crippen LogP contribution in [0.1, 0.15) is 23.1 Å². The van der Waals surface area contributed by atoms with E-state index in [1.54, 1.807) is 0 Å². The molecule has 0 spiro atoms. The molecule has 0 aliphatic heterocycles. The first-order valence-corrected chi connectivity index (χ1v) is 7.37. The van der Waals surface area contributed by atoms with Gasteiger partial charge in [0.05, 0.1) is 6.54 Å². The number of ether oxygens (including phenoxy) is 1. The first-order valence-electron chi connectivity index (χ1n) is 7.37. The second-order valence-corrected chi connectivity index (χ2v) is 5.27. The summed E-state index contributed by atoms with van der Waals surface area (Å²) in [6.07, 6.45) is -7.17. The highest BCUT2D eigenvalue weighted by molar-refractivity contribution is 5.90. The average molecular weight is 410 g/mol. The summed E-state index contributed by atoms with van der Waals surface area (Å²) in [5.74, 6) is -6.03. The number of aromatic nitrogens is 4. The molecule has 2 aromatic heterocycles. The molecule has 0 radical (unpaired) electrons. The van der Waals surface area contributed by atoms with Crippen LogP contribution in [0.4, 0.5) is 22.0 Å². The third kappa shape index (κ3) is 3.99. The van der Waals surface area contributed by atoms with Crippen LogP contribution in [0.3, 0.4) is 0 Å². The number of carbonyl (C=O) groups is 2. The molecule has 0 fully saturated rings. The Hall–Kier alpha value is -3.32. The van der Waals surface area contributed by atoms with Crippen molar-refractivity contribution in [3.8, 4) is 11.7 Å². The van der Waals surface area contributed by atoms with Crippen molar-refractivity contribution in [1.29, 1.82) is 0 Å². The van der Waals surface area contributed by atoms with E-state index < -0.39 is 66.1 Å². The van der Waals surface area contributed by atoms with Crippen LogP contribution in [0.2, 0.25) is 0 Å². The minimum absolute atomic E-state index is 0.185. The van der Waals surface area contributed by atoms with Crippen LogP contribution in [0.25, 0.3) is 5.82 Å². The number of hydrogen-bond donors (Lipinski definition) is 1. The number of alkyl halides is 4. The van der Waals surface area contributed by atoms with Gasteiger partial charge in [-0.1, -0.05) is 0 Å². The quantitative estimate of drug-likeness (QED) is 0.540. The molecule has 28 heavy (non-hydrogen) atoms. The van der Waals surface area contributed by atoms with Crippen molar-refractivity contribution in [1.82, 2.24) is 19.3 Å². The van der Waals surface area contributed by atoms with Crippen molar-refractivity contribution < 1.29 is 41.4 Å². The molecule has 0 amide bonds. The van der Waals surface area contributed by atoms with Crippen molar-refractivity contribution in [2.75, 3.05) is 0 Å². The number of aromatic carboxylic acids is 1. The van der Waals surface area contributed by atoms with Gasteiger partial charge in [-0.25, -0.2) is 18.4 Å². The minimum Gasteiger partial charge on any atom is -0.477 e. The molecule has 1 atom stereocenters. The molecule has 0 saturated carbocycles. The highest BCUT2D eigenvalue weighted by atomic mass is 19.4. The number of aldehydes is 1. The number of hydrogen-bond acceptors (Lipinski definition) is 6. The average Bonchev–Trinajstić information content (AvgIpc) is 2.91. The van der Waals surface area contributed by atoms with Crippen LogP contribution in [0.5, 0.6) is 5.88 Å². The van der Waals surface area contributed by atoms with Crippen LogP contribution in [-0.2, 0) is 18.0 Å². The van der Waals surface area contributed by atoms with Crippen LogP contribution in [0.15, 0.2) is 10.9 Å². The van der Waals surface area contributed by atoms with E-state index in [1.165, 1.54) is 0 Å². The van der Waals surface area contributed by atoms with Gasteiger partial charge in [-0.05, 0) is 13.0 Å². The number of halogens is 5. The summed E-state index contributed by atoms with van der Waals surface area (Å²) in [6.45, 7) is -1.39. The lowest BCUT2D eigenvalue weighted by molar-refractivity contribution is -0.190. The zero-order valence-electron chi connectivity index (χ0n) is 13.9. The smallest absolute Gasteiger partial charge is 0.425 e. The van der Waals surface area contributed by atoms with E-state index in [4.69, 9.17) is 5.11 Å². The van der Waals surface area contributed by atoms with Gasteiger partial charge >= 0.3 is 17.8 Å². The van der Waals surface area contributed by atoms with E-state index in [2.05, 4.69) is 14.8 Å². The van der Waals surface area contributed by atoms with Crippen LogP contribution in [0, 0.1) is 5.82 Å². The van der Waals surface area contributed by atoms with E-state index in [0.717, 1.165) is 0 Å². The topological polar surface area (TPSA) is 116 Å². The fraction of sp³-hybridized carbons (Fsp3) is 0.357. The maximum Gasteiger partial charge on any atom is 0.425 e. The number of pyridine rings is 1. The fourth-order valence-corrected chi connectivity index (χ4v) is 2.02. The van der Waals surface area contributed by atoms with Crippen LogP contribution >= 0.6 is 0 Å². The van der Waals surface area contributed by atoms with Gasteiger partial charge in [-0.2, -0.15) is 22.8 Å². The molecule has 2 heterocycles. The Morgan fingerprint density at radius 2 is 2.07 bits per heavy atom. The Labute approximate surface area is 152 Å². The molecule has 2 rings (SSSR count). The van der Waals surface area contributed by atoms with Gasteiger partial charge in [-0.3, -0.25) is 4.57 Å². The van der Waals surface area contributed by atoms with Crippen molar-refractivity contribution in [2.45, 2.75) is 32.4 Å². The van der Waals surface area contributed by atoms with Gasteiger partial charge in [0.15, 0.2) is 23.6 Å². The number of carboxylic acids is 1. The Morgan fingerprint density at radius 3 is 2.57 bits per heavy atom. The van der Waals surface area contributed by atoms with Crippen molar-refractivity contribution in [3.63, 3.8) is 0 Å². The van der Waals surface area contributed by atoms with Crippen molar-refractivity contribution >= 4 is 12.3 Å².